The van der Waals surface area contributed by atoms with E-state index in [4.69, 9.17) is 0 Å². The van der Waals surface area contributed by atoms with E-state index in [1.54, 1.807) is 0 Å². The second kappa shape index (κ2) is 5.99. The first-order valence-electron chi connectivity index (χ1n) is 5.58. The van der Waals surface area contributed by atoms with Gasteiger partial charge in [0.25, 0.3) is 0 Å². The van der Waals surface area contributed by atoms with Crippen molar-refractivity contribution in [2.45, 2.75) is 31.2 Å². The first-order chi connectivity index (χ1) is 6.71. The summed E-state index contributed by atoms with van der Waals surface area (Å²) in [5.74, 6) is 1.23. The Balaban J connectivity index is 2.29. The average molecular weight is 216 g/mol. The molecular weight excluding hydrogens is 192 g/mol. The van der Waals surface area contributed by atoms with Crippen LogP contribution in [-0.2, 0) is 0 Å². The van der Waals surface area contributed by atoms with Gasteiger partial charge in [-0.25, -0.2) is 0 Å². The summed E-state index contributed by atoms with van der Waals surface area (Å²) >= 11 is 1.92. The summed E-state index contributed by atoms with van der Waals surface area (Å²) in [4.78, 5) is 2.42. The Kier molecular flexibility index (Phi) is 5.28. The highest BCUT2D eigenvalue weighted by atomic mass is 32.2. The lowest BCUT2D eigenvalue weighted by Gasteiger charge is -2.36. The van der Waals surface area contributed by atoms with Crippen molar-refractivity contribution in [2.24, 2.45) is 0 Å². The van der Waals surface area contributed by atoms with Gasteiger partial charge in [-0.2, -0.15) is 11.8 Å². The highest BCUT2D eigenvalue weighted by Gasteiger charge is 2.35. The number of hydrogen-bond donors (Lipinski definition) is 1. The zero-order valence-corrected chi connectivity index (χ0v) is 10.6. The second-order valence-corrected chi connectivity index (χ2v) is 5.48. The van der Waals surface area contributed by atoms with Crippen molar-refractivity contribution >= 4 is 11.8 Å². The van der Waals surface area contributed by atoms with E-state index in [0.717, 1.165) is 6.54 Å². The van der Waals surface area contributed by atoms with Crippen LogP contribution in [0.1, 0.15) is 25.7 Å². The molecule has 1 saturated carbocycles. The summed E-state index contributed by atoms with van der Waals surface area (Å²) < 4.78 is 0. The lowest BCUT2D eigenvalue weighted by Crippen LogP contribution is -2.49. The van der Waals surface area contributed by atoms with Crippen molar-refractivity contribution < 1.29 is 0 Å². The van der Waals surface area contributed by atoms with Crippen molar-refractivity contribution in [3.05, 3.63) is 0 Å². The molecule has 0 heterocycles. The normalized spacial score (nSPS) is 20.6. The van der Waals surface area contributed by atoms with Crippen LogP contribution in [0.15, 0.2) is 0 Å². The Labute approximate surface area is 92.8 Å². The van der Waals surface area contributed by atoms with Crippen LogP contribution >= 0.6 is 11.8 Å². The lowest BCUT2D eigenvalue weighted by molar-refractivity contribution is 0.155. The third-order valence-corrected chi connectivity index (χ3v) is 4.03. The number of thioether (sulfide) groups is 1. The number of likely N-dealkylation sites (N-methyl/N-ethyl adjacent to an activating group) is 1. The van der Waals surface area contributed by atoms with Crippen LogP contribution < -0.4 is 5.32 Å². The van der Waals surface area contributed by atoms with E-state index in [9.17, 15) is 0 Å². The fraction of sp³-hybridized carbons (Fsp3) is 1.00. The van der Waals surface area contributed by atoms with Gasteiger partial charge >= 0.3 is 0 Å². The van der Waals surface area contributed by atoms with Crippen molar-refractivity contribution in [1.29, 1.82) is 0 Å². The van der Waals surface area contributed by atoms with Gasteiger partial charge in [-0.05, 0) is 33.2 Å². The molecule has 0 radical (unpaired) electrons. The molecular formula is C11H24N2S. The minimum atomic E-state index is 0.457. The standard InChI is InChI=1S/C11H24N2S/c1-13(2)11(6-4-5-7-11)10-12-8-9-14-3/h12H,4-10H2,1-3H3. The quantitative estimate of drug-likeness (QED) is 0.682. The number of hydrogen-bond acceptors (Lipinski definition) is 3. The third kappa shape index (κ3) is 3.14. The van der Waals surface area contributed by atoms with Crippen molar-refractivity contribution in [3.63, 3.8) is 0 Å². The molecule has 2 nitrogen and oxygen atoms in total. The summed E-state index contributed by atoms with van der Waals surface area (Å²) in [5, 5.41) is 3.59. The van der Waals surface area contributed by atoms with Gasteiger partial charge in [0.2, 0.25) is 0 Å². The van der Waals surface area contributed by atoms with Gasteiger partial charge in [0.1, 0.15) is 0 Å². The summed E-state index contributed by atoms with van der Waals surface area (Å²) in [5.41, 5.74) is 0.457. The predicted molar refractivity (Wildman–Crippen MR) is 66.1 cm³/mol. The van der Waals surface area contributed by atoms with Gasteiger partial charge in [-0.3, -0.25) is 0 Å². The Morgan fingerprint density at radius 2 is 1.93 bits per heavy atom. The topological polar surface area (TPSA) is 15.3 Å². The molecule has 0 unspecified atom stereocenters. The van der Waals surface area contributed by atoms with E-state index in [0.29, 0.717) is 5.54 Å². The van der Waals surface area contributed by atoms with Crippen molar-refractivity contribution in [2.75, 3.05) is 39.2 Å². The van der Waals surface area contributed by atoms with Crippen LogP contribution in [0.4, 0.5) is 0 Å². The van der Waals surface area contributed by atoms with Crippen molar-refractivity contribution in [3.8, 4) is 0 Å². The molecule has 3 heteroatoms. The fourth-order valence-corrected chi connectivity index (χ4v) is 2.66. The Hall–Kier alpha value is 0.270. The van der Waals surface area contributed by atoms with Gasteiger partial charge in [0.05, 0.1) is 0 Å². The molecule has 0 saturated heterocycles. The Morgan fingerprint density at radius 1 is 1.29 bits per heavy atom. The molecule has 84 valence electrons. The molecule has 0 spiro atoms. The van der Waals surface area contributed by atoms with Crippen LogP contribution in [0.25, 0.3) is 0 Å². The lowest BCUT2D eigenvalue weighted by atomic mass is 9.96. The van der Waals surface area contributed by atoms with Gasteiger partial charge in [-0.15, -0.1) is 0 Å². The molecule has 0 amide bonds. The molecule has 0 aromatic heterocycles. The molecule has 14 heavy (non-hydrogen) atoms. The molecule has 1 aliphatic rings. The summed E-state index contributed by atoms with van der Waals surface area (Å²) in [6, 6.07) is 0. The molecule has 0 aromatic rings. The van der Waals surface area contributed by atoms with E-state index in [2.05, 4.69) is 30.6 Å². The van der Waals surface area contributed by atoms with Crippen LogP contribution in [0.5, 0.6) is 0 Å². The van der Waals surface area contributed by atoms with Gasteiger partial charge in [-0.1, -0.05) is 12.8 Å². The highest BCUT2D eigenvalue weighted by Crippen LogP contribution is 2.32. The van der Waals surface area contributed by atoms with E-state index in [1.807, 2.05) is 11.8 Å². The predicted octanol–water partition coefficient (Wildman–Crippen LogP) is 1.81. The van der Waals surface area contributed by atoms with Crippen LogP contribution in [0.3, 0.4) is 0 Å². The van der Waals surface area contributed by atoms with Gasteiger partial charge in [0, 0.05) is 24.4 Å². The maximum Gasteiger partial charge on any atom is 0.0327 e. The van der Waals surface area contributed by atoms with Crippen LogP contribution in [-0.4, -0.2) is 49.6 Å². The first kappa shape index (κ1) is 12.3. The Bertz CT molecular complexity index is 153. The maximum absolute atomic E-state index is 3.59. The second-order valence-electron chi connectivity index (χ2n) is 4.50. The first-order valence-corrected chi connectivity index (χ1v) is 6.98. The maximum atomic E-state index is 3.59. The number of rotatable bonds is 6. The van der Waals surface area contributed by atoms with E-state index in [-0.39, 0.29) is 0 Å². The van der Waals surface area contributed by atoms with Crippen LogP contribution in [0, 0.1) is 0 Å². The molecule has 0 aliphatic heterocycles. The summed E-state index contributed by atoms with van der Waals surface area (Å²) in [7, 11) is 4.45. The molecule has 1 N–H and O–H groups in total. The van der Waals surface area contributed by atoms with E-state index < -0.39 is 0 Å². The molecule has 1 aliphatic carbocycles. The average Bonchev–Trinajstić information content (AvgIpc) is 2.62. The summed E-state index contributed by atoms with van der Waals surface area (Å²) in [6.45, 7) is 2.32. The monoisotopic (exact) mass is 216 g/mol. The van der Waals surface area contributed by atoms with Crippen LogP contribution in [0.2, 0.25) is 0 Å². The third-order valence-electron chi connectivity index (χ3n) is 3.42. The summed E-state index contributed by atoms with van der Waals surface area (Å²) in [6.07, 6.45) is 7.71. The minimum Gasteiger partial charge on any atom is -0.314 e. The largest absolute Gasteiger partial charge is 0.314 e. The van der Waals surface area contributed by atoms with E-state index >= 15 is 0 Å². The number of nitrogens with zero attached hydrogens (tertiary/aromatic N) is 1. The van der Waals surface area contributed by atoms with Gasteiger partial charge in [0.15, 0.2) is 0 Å². The smallest absolute Gasteiger partial charge is 0.0327 e. The fourth-order valence-electron chi connectivity index (χ4n) is 2.31. The zero-order valence-electron chi connectivity index (χ0n) is 9.81. The SMILES string of the molecule is CSCCNCC1(N(C)C)CCCC1. The van der Waals surface area contributed by atoms with Crippen molar-refractivity contribution in [1.82, 2.24) is 10.2 Å². The molecule has 1 fully saturated rings. The molecule has 0 atom stereocenters. The van der Waals surface area contributed by atoms with E-state index in [1.165, 1.54) is 38.0 Å². The minimum absolute atomic E-state index is 0.457. The van der Waals surface area contributed by atoms with Gasteiger partial charge < -0.3 is 10.2 Å². The zero-order chi connectivity index (χ0) is 10.4. The highest BCUT2D eigenvalue weighted by molar-refractivity contribution is 7.98. The molecule has 1 rings (SSSR count). The molecule has 0 aromatic carbocycles. The number of nitrogens with one attached hydrogen (secondary N) is 1. The Morgan fingerprint density at radius 3 is 2.43 bits per heavy atom. The molecule has 0 bridgehead atoms.